The van der Waals surface area contributed by atoms with Crippen LogP contribution in [0.2, 0.25) is 0 Å². The third kappa shape index (κ3) is 2.90. The van der Waals surface area contributed by atoms with Crippen molar-refractivity contribution in [2.75, 3.05) is 26.2 Å². The molecular formula is C12H22N2O3. The number of carbonyl (C=O) groups excluding carboxylic acids is 1. The molecule has 1 atom stereocenters. The van der Waals surface area contributed by atoms with Gasteiger partial charge in [-0.15, -0.1) is 0 Å². The maximum Gasteiger partial charge on any atom is 0.410 e. The molecule has 0 bridgehead atoms. The average molecular weight is 242 g/mol. The second-order valence-corrected chi connectivity index (χ2v) is 6.12. The predicted molar refractivity (Wildman–Crippen MR) is 64.0 cm³/mol. The summed E-state index contributed by atoms with van der Waals surface area (Å²) in [6, 6.07) is 0. The first-order valence-electron chi connectivity index (χ1n) is 6.14. The summed E-state index contributed by atoms with van der Waals surface area (Å²) in [4.78, 5) is 13.5. The average Bonchev–Trinajstić information content (AvgIpc) is 2.13. The van der Waals surface area contributed by atoms with Crippen LogP contribution in [-0.2, 0) is 9.47 Å². The molecule has 0 aromatic heterocycles. The molecule has 5 heteroatoms. The molecule has 2 heterocycles. The molecular weight excluding hydrogens is 220 g/mol. The van der Waals surface area contributed by atoms with Crippen LogP contribution in [0, 0.1) is 0 Å². The largest absolute Gasteiger partial charge is 0.444 e. The molecule has 2 saturated heterocycles. The number of carbonyl (C=O) groups is 1. The van der Waals surface area contributed by atoms with Gasteiger partial charge < -0.3 is 19.7 Å². The van der Waals surface area contributed by atoms with E-state index < -0.39 is 5.60 Å². The van der Waals surface area contributed by atoms with E-state index in [1.54, 1.807) is 4.90 Å². The van der Waals surface area contributed by atoms with Gasteiger partial charge in [0.15, 0.2) is 0 Å². The first kappa shape index (κ1) is 12.6. The van der Waals surface area contributed by atoms with Gasteiger partial charge in [0.05, 0.1) is 18.2 Å². The molecule has 1 unspecified atom stereocenters. The summed E-state index contributed by atoms with van der Waals surface area (Å²) < 4.78 is 10.9. The number of hydrogen-bond donors (Lipinski definition) is 1. The molecule has 1 N–H and O–H groups in total. The number of ether oxygens (including phenoxy) is 2. The Balaban J connectivity index is 1.80. The van der Waals surface area contributed by atoms with Crippen LogP contribution < -0.4 is 5.32 Å². The van der Waals surface area contributed by atoms with Crippen LogP contribution in [0.4, 0.5) is 4.79 Å². The molecule has 0 saturated carbocycles. The van der Waals surface area contributed by atoms with Crippen molar-refractivity contribution in [1.82, 2.24) is 10.2 Å². The molecule has 2 aliphatic heterocycles. The minimum absolute atomic E-state index is 0.0383. The zero-order valence-corrected chi connectivity index (χ0v) is 11.1. The van der Waals surface area contributed by atoms with E-state index >= 15 is 0 Å². The van der Waals surface area contributed by atoms with Crippen molar-refractivity contribution in [3.8, 4) is 0 Å². The van der Waals surface area contributed by atoms with Crippen molar-refractivity contribution in [3.05, 3.63) is 0 Å². The maximum atomic E-state index is 11.8. The smallest absolute Gasteiger partial charge is 0.410 e. The Hall–Kier alpha value is -0.810. The van der Waals surface area contributed by atoms with Crippen LogP contribution in [-0.4, -0.2) is 54.5 Å². The number of hydrogen-bond acceptors (Lipinski definition) is 4. The Morgan fingerprint density at radius 1 is 1.47 bits per heavy atom. The first-order chi connectivity index (χ1) is 7.80. The minimum atomic E-state index is -0.426. The molecule has 98 valence electrons. The van der Waals surface area contributed by atoms with Gasteiger partial charge in [-0.25, -0.2) is 4.79 Å². The van der Waals surface area contributed by atoms with Crippen molar-refractivity contribution in [3.63, 3.8) is 0 Å². The fraction of sp³-hybridized carbons (Fsp3) is 0.917. The second kappa shape index (κ2) is 4.14. The topological polar surface area (TPSA) is 50.8 Å². The zero-order chi connectivity index (χ0) is 12.7. The van der Waals surface area contributed by atoms with E-state index in [0.29, 0.717) is 19.7 Å². The Labute approximate surface area is 102 Å². The lowest BCUT2D eigenvalue weighted by molar-refractivity contribution is -0.0881. The van der Waals surface area contributed by atoms with Gasteiger partial charge in [-0.2, -0.15) is 0 Å². The fourth-order valence-electron chi connectivity index (χ4n) is 2.12. The molecule has 0 aromatic carbocycles. The molecule has 2 fully saturated rings. The number of likely N-dealkylation sites (tertiary alicyclic amines) is 1. The van der Waals surface area contributed by atoms with Gasteiger partial charge in [0.1, 0.15) is 5.60 Å². The van der Waals surface area contributed by atoms with Gasteiger partial charge in [-0.05, 0) is 27.7 Å². The molecule has 17 heavy (non-hydrogen) atoms. The maximum absolute atomic E-state index is 11.8. The molecule has 2 rings (SSSR count). The summed E-state index contributed by atoms with van der Waals surface area (Å²) in [5.41, 5.74) is -0.464. The van der Waals surface area contributed by atoms with Gasteiger partial charge in [0.25, 0.3) is 0 Å². The summed E-state index contributed by atoms with van der Waals surface area (Å²) in [5.74, 6) is 0. The van der Waals surface area contributed by atoms with Crippen LogP contribution in [0.3, 0.4) is 0 Å². The lowest BCUT2D eigenvalue weighted by Gasteiger charge is -2.52. The Kier molecular flexibility index (Phi) is 3.08. The number of nitrogens with one attached hydrogen (secondary N) is 1. The third-order valence-electron chi connectivity index (χ3n) is 3.05. The van der Waals surface area contributed by atoms with E-state index in [4.69, 9.17) is 9.47 Å². The number of amides is 1. The van der Waals surface area contributed by atoms with Crippen LogP contribution in [0.15, 0.2) is 0 Å². The van der Waals surface area contributed by atoms with Crippen molar-refractivity contribution >= 4 is 6.09 Å². The third-order valence-corrected chi connectivity index (χ3v) is 3.05. The molecule has 0 aromatic rings. The second-order valence-electron chi connectivity index (χ2n) is 6.12. The van der Waals surface area contributed by atoms with Crippen molar-refractivity contribution in [2.45, 2.75) is 44.9 Å². The summed E-state index contributed by atoms with van der Waals surface area (Å²) in [5, 5.41) is 3.45. The van der Waals surface area contributed by atoms with E-state index in [2.05, 4.69) is 5.32 Å². The molecule has 2 aliphatic rings. The molecule has 5 nitrogen and oxygen atoms in total. The van der Waals surface area contributed by atoms with Gasteiger partial charge in [-0.1, -0.05) is 0 Å². The van der Waals surface area contributed by atoms with E-state index in [1.165, 1.54) is 0 Å². The molecule has 0 radical (unpaired) electrons. The summed E-state index contributed by atoms with van der Waals surface area (Å²) in [6.07, 6.45) is 0.0275. The lowest BCUT2D eigenvalue weighted by atomic mass is 9.89. The predicted octanol–water partition coefficient (Wildman–Crippen LogP) is 0.984. The number of rotatable bonds is 0. The van der Waals surface area contributed by atoms with E-state index in [9.17, 15) is 4.79 Å². The molecule has 1 spiro atoms. The Bertz CT molecular complexity index is 295. The Morgan fingerprint density at radius 2 is 2.12 bits per heavy atom. The quantitative estimate of drug-likeness (QED) is 0.688. The number of morpholine rings is 1. The van der Waals surface area contributed by atoms with Crippen LogP contribution in [0.25, 0.3) is 0 Å². The normalized spacial score (nSPS) is 27.8. The van der Waals surface area contributed by atoms with E-state index in [0.717, 1.165) is 6.54 Å². The SMILES string of the molecule is CC1CNC2(CO1)CN(C(=O)OC(C)(C)C)C2. The highest BCUT2D eigenvalue weighted by Gasteiger charge is 2.48. The highest BCUT2D eigenvalue weighted by atomic mass is 16.6. The minimum Gasteiger partial charge on any atom is -0.444 e. The first-order valence-corrected chi connectivity index (χ1v) is 6.14. The summed E-state index contributed by atoms with van der Waals surface area (Å²) in [7, 11) is 0. The number of nitrogens with zero attached hydrogens (tertiary/aromatic N) is 1. The van der Waals surface area contributed by atoms with Crippen LogP contribution >= 0.6 is 0 Å². The van der Waals surface area contributed by atoms with Gasteiger partial charge >= 0.3 is 6.09 Å². The Morgan fingerprint density at radius 3 is 2.59 bits per heavy atom. The summed E-state index contributed by atoms with van der Waals surface area (Å²) >= 11 is 0. The van der Waals surface area contributed by atoms with E-state index in [1.807, 2.05) is 27.7 Å². The highest BCUT2D eigenvalue weighted by molar-refractivity contribution is 5.69. The lowest BCUT2D eigenvalue weighted by Crippen LogP contribution is -2.75. The van der Waals surface area contributed by atoms with Crippen LogP contribution in [0.1, 0.15) is 27.7 Å². The zero-order valence-electron chi connectivity index (χ0n) is 11.1. The van der Waals surface area contributed by atoms with Crippen LogP contribution in [0.5, 0.6) is 0 Å². The van der Waals surface area contributed by atoms with E-state index in [-0.39, 0.29) is 17.7 Å². The summed E-state index contributed by atoms with van der Waals surface area (Å²) in [6.45, 7) is 10.6. The molecule has 0 aliphatic carbocycles. The van der Waals surface area contributed by atoms with Crippen molar-refractivity contribution in [1.29, 1.82) is 0 Å². The van der Waals surface area contributed by atoms with Gasteiger partial charge in [-0.3, -0.25) is 0 Å². The van der Waals surface area contributed by atoms with Gasteiger partial charge in [0.2, 0.25) is 0 Å². The highest BCUT2D eigenvalue weighted by Crippen LogP contribution is 2.26. The molecule has 1 amide bonds. The van der Waals surface area contributed by atoms with Crippen molar-refractivity contribution in [2.24, 2.45) is 0 Å². The standard InChI is InChI=1S/C12H22N2O3/c1-9-5-13-12(8-16-9)6-14(7-12)10(15)17-11(2,3)4/h9,13H,5-8H2,1-4H3. The van der Waals surface area contributed by atoms with Gasteiger partial charge in [0, 0.05) is 19.6 Å². The van der Waals surface area contributed by atoms with Crippen molar-refractivity contribution < 1.29 is 14.3 Å². The fourth-order valence-corrected chi connectivity index (χ4v) is 2.12. The monoisotopic (exact) mass is 242 g/mol.